The third kappa shape index (κ3) is 3.42. The Bertz CT molecular complexity index is 594. The van der Waals surface area contributed by atoms with Crippen LogP contribution in [0.25, 0.3) is 0 Å². The highest BCUT2D eigenvalue weighted by Gasteiger charge is 2.35. The Morgan fingerprint density at radius 2 is 1.90 bits per heavy atom. The summed E-state index contributed by atoms with van der Waals surface area (Å²) >= 11 is 6.20. The van der Waals surface area contributed by atoms with Gasteiger partial charge < -0.3 is 5.32 Å². The van der Waals surface area contributed by atoms with Crippen LogP contribution in [0.1, 0.15) is 38.7 Å². The van der Waals surface area contributed by atoms with E-state index in [4.69, 9.17) is 11.6 Å². The van der Waals surface area contributed by atoms with Crippen molar-refractivity contribution >= 4 is 21.6 Å². The smallest absolute Gasteiger partial charge is 0.243 e. The highest BCUT2D eigenvalue weighted by atomic mass is 35.5. The number of halogens is 1. The zero-order chi connectivity index (χ0) is 15.6. The van der Waals surface area contributed by atoms with Gasteiger partial charge in [0, 0.05) is 23.7 Å². The summed E-state index contributed by atoms with van der Waals surface area (Å²) in [6, 6.07) is 5.08. The Hall–Kier alpha value is -0.620. The molecule has 1 N–H and O–H groups in total. The summed E-state index contributed by atoms with van der Waals surface area (Å²) in [7, 11) is -1.65. The minimum Gasteiger partial charge on any atom is -0.316 e. The van der Waals surface area contributed by atoms with E-state index in [-0.39, 0.29) is 17.0 Å². The quantitative estimate of drug-likeness (QED) is 0.923. The molecule has 1 aromatic carbocycles. The number of hydrogen-bond acceptors (Lipinski definition) is 3. The summed E-state index contributed by atoms with van der Waals surface area (Å²) in [5.41, 5.74) is 0.901. The van der Waals surface area contributed by atoms with Crippen LogP contribution < -0.4 is 5.32 Å². The van der Waals surface area contributed by atoms with Gasteiger partial charge in [0.1, 0.15) is 0 Å². The number of nitrogens with one attached hydrogen (secondary N) is 1. The first kappa shape index (κ1) is 16.7. The maximum Gasteiger partial charge on any atom is 0.243 e. The third-order valence-electron chi connectivity index (χ3n) is 4.08. The summed E-state index contributed by atoms with van der Waals surface area (Å²) in [5.74, 6) is 0. The van der Waals surface area contributed by atoms with E-state index >= 15 is 0 Å². The standard InChI is InChI=1S/C15H23ClN2O2S/c1-11-5-4-6-12(2)18(11)21(19,20)14-8-7-13(10-17-3)15(16)9-14/h7-9,11-12,17H,4-6,10H2,1-3H3. The molecule has 2 unspecified atom stereocenters. The molecule has 0 aromatic heterocycles. The average molecular weight is 331 g/mol. The van der Waals surface area contributed by atoms with Crippen LogP contribution in [0.5, 0.6) is 0 Å². The molecular formula is C15H23ClN2O2S. The molecule has 0 spiro atoms. The molecular weight excluding hydrogens is 308 g/mol. The molecule has 0 radical (unpaired) electrons. The van der Waals surface area contributed by atoms with E-state index in [9.17, 15) is 8.42 Å². The zero-order valence-corrected chi connectivity index (χ0v) is 14.3. The first-order chi connectivity index (χ1) is 9.87. The van der Waals surface area contributed by atoms with Crippen molar-refractivity contribution in [3.05, 3.63) is 28.8 Å². The van der Waals surface area contributed by atoms with Crippen LogP contribution in [0.15, 0.2) is 23.1 Å². The molecule has 4 nitrogen and oxygen atoms in total. The molecule has 1 fully saturated rings. The van der Waals surface area contributed by atoms with E-state index in [1.807, 2.05) is 20.9 Å². The summed E-state index contributed by atoms with van der Waals surface area (Å²) in [6.45, 7) is 4.57. The lowest BCUT2D eigenvalue weighted by Gasteiger charge is -2.37. The Balaban J connectivity index is 2.37. The third-order valence-corrected chi connectivity index (χ3v) is 6.56. The van der Waals surface area contributed by atoms with Crippen LogP contribution in [0.3, 0.4) is 0 Å². The van der Waals surface area contributed by atoms with Crippen molar-refractivity contribution in [3.8, 4) is 0 Å². The van der Waals surface area contributed by atoms with Gasteiger partial charge in [-0.3, -0.25) is 0 Å². The van der Waals surface area contributed by atoms with Crippen LogP contribution in [0, 0.1) is 0 Å². The molecule has 1 aliphatic rings. The van der Waals surface area contributed by atoms with E-state index in [2.05, 4.69) is 5.32 Å². The van der Waals surface area contributed by atoms with Crippen molar-refractivity contribution in [1.29, 1.82) is 0 Å². The Morgan fingerprint density at radius 3 is 2.43 bits per heavy atom. The van der Waals surface area contributed by atoms with E-state index in [0.29, 0.717) is 11.6 Å². The molecule has 1 aliphatic heterocycles. The fraction of sp³-hybridized carbons (Fsp3) is 0.600. The highest BCUT2D eigenvalue weighted by molar-refractivity contribution is 7.89. The largest absolute Gasteiger partial charge is 0.316 e. The second kappa shape index (κ2) is 6.65. The lowest BCUT2D eigenvalue weighted by Crippen LogP contribution is -2.47. The first-order valence-electron chi connectivity index (χ1n) is 7.34. The van der Waals surface area contributed by atoms with Crippen molar-refractivity contribution in [1.82, 2.24) is 9.62 Å². The number of hydrogen-bond donors (Lipinski definition) is 1. The summed E-state index contributed by atoms with van der Waals surface area (Å²) < 4.78 is 27.4. The highest BCUT2D eigenvalue weighted by Crippen LogP contribution is 2.31. The van der Waals surface area contributed by atoms with Gasteiger partial charge >= 0.3 is 0 Å². The van der Waals surface area contributed by atoms with Crippen molar-refractivity contribution in [2.24, 2.45) is 0 Å². The topological polar surface area (TPSA) is 49.4 Å². The Morgan fingerprint density at radius 1 is 1.29 bits per heavy atom. The Kier molecular flexibility index (Phi) is 5.30. The first-order valence-corrected chi connectivity index (χ1v) is 9.16. The molecule has 0 saturated carbocycles. The molecule has 21 heavy (non-hydrogen) atoms. The van der Waals surface area contributed by atoms with Crippen molar-refractivity contribution < 1.29 is 8.42 Å². The molecule has 0 aliphatic carbocycles. The summed E-state index contributed by atoms with van der Waals surface area (Å²) in [6.07, 6.45) is 2.90. The fourth-order valence-corrected chi connectivity index (χ4v) is 5.24. The second-order valence-corrected chi connectivity index (χ2v) is 8.00. The SMILES string of the molecule is CNCc1ccc(S(=O)(=O)N2C(C)CCCC2C)cc1Cl. The number of nitrogens with zero attached hydrogens (tertiary/aromatic N) is 1. The van der Waals surface area contributed by atoms with Crippen molar-refractivity contribution in [2.75, 3.05) is 7.05 Å². The van der Waals surface area contributed by atoms with E-state index < -0.39 is 10.0 Å². The van der Waals surface area contributed by atoms with Crippen molar-refractivity contribution in [3.63, 3.8) is 0 Å². The number of sulfonamides is 1. The fourth-order valence-electron chi connectivity index (χ4n) is 3.02. The van der Waals surface area contributed by atoms with Gasteiger partial charge in [0.05, 0.1) is 4.90 Å². The minimum atomic E-state index is -3.49. The normalized spacial score (nSPS) is 24.2. The van der Waals surface area contributed by atoms with Gasteiger partial charge in [0.25, 0.3) is 0 Å². The van der Waals surface area contributed by atoms with Crippen LogP contribution in [0.4, 0.5) is 0 Å². The predicted molar refractivity (Wildman–Crippen MR) is 86.0 cm³/mol. The minimum absolute atomic E-state index is 0.0366. The predicted octanol–water partition coefficient (Wildman–Crippen LogP) is 3.01. The van der Waals surface area contributed by atoms with Crippen LogP contribution in [-0.4, -0.2) is 31.9 Å². The van der Waals surface area contributed by atoms with Crippen LogP contribution in [-0.2, 0) is 16.6 Å². The lowest BCUT2D eigenvalue weighted by atomic mass is 10.0. The molecule has 1 heterocycles. The van der Waals surface area contributed by atoms with E-state index in [0.717, 1.165) is 24.8 Å². The molecule has 1 saturated heterocycles. The molecule has 2 atom stereocenters. The maximum atomic E-state index is 12.9. The van der Waals surface area contributed by atoms with Gasteiger partial charge in [0.15, 0.2) is 0 Å². The molecule has 118 valence electrons. The van der Waals surface area contributed by atoms with Crippen LogP contribution in [0.2, 0.25) is 5.02 Å². The summed E-state index contributed by atoms with van der Waals surface area (Å²) in [4.78, 5) is 0.285. The van der Waals surface area contributed by atoms with Gasteiger partial charge in [-0.2, -0.15) is 4.31 Å². The molecule has 0 bridgehead atoms. The molecule has 2 rings (SSSR count). The molecule has 1 aromatic rings. The van der Waals surface area contributed by atoms with Crippen molar-refractivity contribution in [2.45, 2.75) is 56.6 Å². The lowest BCUT2D eigenvalue weighted by molar-refractivity contribution is 0.204. The van der Waals surface area contributed by atoms with E-state index in [1.165, 1.54) is 0 Å². The zero-order valence-electron chi connectivity index (χ0n) is 12.8. The van der Waals surface area contributed by atoms with E-state index in [1.54, 1.807) is 22.5 Å². The van der Waals surface area contributed by atoms with Gasteiger partial charge in [-0.1, -0.05) is 24.1 Å². The number of benzene rings is 1. The maximum absolute atomic E-state index is 12.9. The molecule has 6 heteroatoms. The average Bonchev–Trinajstić information content (AvgIpc) is 2.40. The van der Waals surface area contributed by atoms with Gasteiger partial charge in [-0.05, 0) is 51.4 Å². The van der Waals surface area contributed by atoms with Gasteiger partial charge in [0.2, 0.25) is 10.0 Å². The number of piperidine rings is 1. The Labute approximate surface area is 132 Å². The second-order valence-electron chi connectivity index (χ2n) is 5.75. The monoisotopic (exact) mass is 330 g/mol. The van der Waals surface area contributed by atoms with Crippen LogP contribution >= 0.6 is 11.6 Å². The van der Waals surface area contributed by atoms with Gasteiger partial charge in [-0.15, -0.1) is 0 Å². The number of rotatable bonds is 4. The summed E-state index contributed by atoms with van der Waals surface area (Å²) in [5, 5.41) is 3.50. The molecule has 0 amide bonds. The van der Waals surface area contributed by atoms with Gasteiger partial charge in [-0.25, -0.2) is 8.42 Å².